The molecule has 2 N–H and O–H groups in total. The summed E-state index contributed by atoms with van der Waals surface area (Å²) in [6, 6.07) is 1.53. The molecule has 1 fully saturated rings. The Morgan fingerprint density at radius 1 is 1.56 bits per heavy atom. The van der Waals surface area contributed by atoms with Crippen LogP contribution in [0.25, 0.3) is 0 Å². The molecule has 98 valence electrons. The number of nitrogens with zero attached hydrogens (tertiary/aromatic N) is 1. The Kier molecular flexibility index (Phi) is 4.02. The van der Waals surface area contributed by atoms with Gasteiger partial charge in [0, 0.05) is 6.07 Å². The van der Waals surface area contributed by atoms with Crippen LogP contribution in [0.3, 0.4) is 0 Å². The second-order valence-electron chi connectivity index (χ2n) is 4.54. The van der Waals surface area contributed by atoms with E-state index in [1.165, 1.54) is 38.6 Å². The van der Waals surface area contributed by atoms with Crippen molar-refractivity contribution in [2.45, 2.75) is 25.7 Å². The van der Waals surface area contributed by atoms with Crippen LogP contribution >= 0.6 is 0 Å². The predicted octanol–water partition coefficient (Wildman–Crippen LogP) is 2.02. The lowest BCUT2D eigenvalue weighted by atomic mass is 9.83. The van der Waals surface area contributed by atoms with Crippen LogP contribution in [0.2, 0.25) is 0 Å². The van der Waals surface area contributed by atoms with E-state index in [0.717, 1.165) is 12.3 Å². The molecular formula is C13H18N2O3. The fraction of sp³-hybridized carbons (Fsp3) is 0.538. The van der Waals surface area contributed by atoms with Gasteiger partial charge in [-0.15, -0.1) is 0 Å². The molecule has 18 heavy (non-hydrogen) atoms. The lowest BCUT2D eigenvalue weighted by Crippen LogP contribution is -2.15. The molecule has 5 heteroatoms. The molecule has 0 aliphatic heterocycles. The molecule has 0 saturated heterocycles. The highest BCUT2D eigenvalue weighted by molar-refractivity contribution is 5.95. The van der Waals surface area contributed by atoms with Gasteiger partial charge in [-0.1, -0.05) is 19.3 Å². The highest BCUT2D eigenvalue weighted by Crippen LogP contribution is 2.29. The van der Waals surface area contributed by atoms with E-state index in [1.54, 1.807) is 0 Å². The van der Waals surface area contributed by atoms with Crippen LogP contribution in [0.5, 0.6) is 5.88 Å². The van der Waals surface area contributed by atoms with Gasteiger partial charge in [-0.25, -0.2) is 9.78 Å². The molecule has 5 nitrogen and oxygen atoms in total. The summed E-state index contributed by atoms with van der Waals surface area (Å²) in [6.45, 7) is 0.627. The topological polar surface area (TPSA) is 74.4 Å². The fourth-order valence-electron chi connectivity index (χ4n) is 1.92. The van der Waals surface area contributed by atoms with Crippen LogP contribution in [0.4, 0.5) is 5.69 Å². The maximum absolute atomic E-state index is 11.4. The van der Waals surface area contributed by atoms with Crippen molar-refractivity contribution in [1.29, 1.82) is 0 Å². The summed E-state index contributed by atoms with van der Waals surface area (Å²) >= 11 is 0. The third-order valence-electron chi connectivity index (χ3n) is 3.32. The largest absolute Gasteiger partial charge is 0.478 e. The van der Waals surface area contributed by atoms with Crippen LogP contribution in [0, 0.1) is 5.92 Å². The number of pyridine rings is 1. The summed E-state index contributed by atoms with van der Waals surface area (Å²) in [4.78, 5) is 15.5. The van der Waals surface area contributed by atoms with Crippen molar-refractivity contribution >= 4 is 11.7 Å². The summed E-state index contributed by atoms with van der Waals surface area (Å²) < 4.78 is 10.2. The molecule has 1 aromatic rings. The van der Waals surface area contributed by atoms with E-state index in [1.807, 2.05) is 0 Å². The zero-order chi connectivity index (χ0) is 13.0. The molecule has 0 bridgehead atoms. The van der Waals surface area contributed by atoms with Crippen LogP contribution in [-0.4, -0.2) is 24.7 Å². The first-order valence-electron chi connectivity index (χ1n) is 6.17. The van der Waals surface area contributed by atoms with Gasteiger partial charge in [-0.05, 0) is 12.3 Å². The Balaban J connectivity index is 1.93. The number of rotatable bonds is 5. The average Bonchev–Trinajstić information content (AvgIpc) is 2.33. The molecule has 2 rings (SSSR count). The highest BCUT2D eigenvalue weighted by Gasteiger charge is 2.17. The van der Waals surface area contributed by atoms with Crippen molar-refractivity contribution in [3.8, 4) is 5.88 Å². The number of nitrogen functional groups attached to an aromatic ring is 1. The minimum atomic E-state index is -0.473. The molecule has 1 aromatic heterocycles. The van der Waals surface area contributed by atoms with E-state index in [4.69, 9.17) is 10.5 Å². The van der Waals surface area contributed by atoms with E-state index in [-0.39, 0.29) is 0 Å². The third-order valence-corrected chi connectivity index (χ3v) is 3.32. The van der Waals surface area contributed by atoms with E-state index in [2.05, 4.69) is 9.72 Å². The minimum absolute atomic E-state index is 0.297. The number of nitrogens with two attached hydrogens (primary N) is 1. The van der Waals surface area contributed by atoms with E-state index < -0.39 is 5.97 Å². The number of aromatic nitrogens is 1. The number of ether oxygens (including phenoxy) is 2. The van der Waals surface area contributed by atoms with Gasteiger partial charge in [-0.3, -0.25) is 0 Å². The molecule has 0 spiro atoms. The van der Waals surface area contributed by atoms with Crippen molar-refractivity contribution < 1.29 is 14.3 Å². The number of esters is 1. The van der Waals surface area contributed by atoms with Crippen molar-refractivity contribution in [2.24, 2.45) is 5.92 Å². The van der Waals surface area contributed by atoms with Crippen molar-refractivity contribution in [3.05, 3.63) is 17.8 Å². The van der Waals surface area contributed by atoms with Gasteiger partial charge in [0.25, 0.3) is 0 Å². The number of carbonyl (C=O) groups excluding carboxylic acids is 1. The summed E-state index contributed by atoms with van der Waals surface area (Å²) in [5, 5.41) is 0. The summed E-state index contributed by atoms with van der Waals surface area (Å²) in [7, 11) is 1.32. The molecule has 0 radical (unpaired) electrons. The maximum Gasteiger partial charge on any atom is 0.340 e. The second kappa shape index (κ2) is 5.71. The van der Waals surface area contributed by atoms with Gasteiger partial charge in [0.05, 0.1) is 31.2 Å². The smallest absolute Gasteiger partial charge is 0.340 e. The average molecular weight is 250 g/mol. The monoisotopic (exact) mass is 250 g/mol. The van der Waals surface area contributed by atoms with Crippen LogP contribution < -0.4 is 10.5 Å². The lowest BCUT2D eigenvalue weighted by molar-refractivity contribution is 0.0601. The van der Waals surface area contributed by atoms with Crippen molar-refractivity contribution in [1.82, 2.24) is 4.98 Å². The summed E-state index contributed by atoms with van der Waals surface area (Å²) in [5.74, 6) is 0.738. The minimum Gasteiger partial charge on any atom is -0.478 e. The SMILES string of the molecule is COC(=O)c1cc(OCCC2CCC2)ncc1N. The Hall–Kier alpha value is -1.78. The van der Waals surface area contributed by atoms with E-state index in [9.17, 15) is 4.79 Å². The Morgan fingerprint density at radius 3 is 2.94 bits per heavy atom. The quantitative estimate of drug-likeness (QED) is 0.809. The first-order valence-corrected chi connectivity index (χ1v) is 6.17. The van der Waals surface area contributed by atoms with Gasteiger partial charge in [0.1, 0.15) is 0 Å². The number of hydrogen-bond acceptors (Lipinski definition) is 5. The van der Waals surface area contributed by atoms with Crippen LogP contribution in [0.15, 0.2) is 12.3 Å². The van der Waals surface area contributed by atoms with Crippen molar-refractivity contribution in [2.75, 3.05) is 19.5 Å². The second-order valence-corrected chi connectivity index (χ2v) is 4.54. The Bertz CT molecular complexity index is 430. The molecule has 1 aliphatic carbocycles. The van der Waals surface area contributed by atoms with E-state index in [0.29, 0.717) is 23.7 Å². The van der Waals surface area contributed by atoms with Crippen LogP contribution in [-0.2, 0) is 4.74 Å². The molecular weight excluding hydrogens is 232 g/mol. The number of hydrogen-bond donors (Lipinski definition) is 1. The summed E-state index contributed by atoms with van der Waals surface area (Å²) in [6.07, 6.45) is 6.39. The molecule has 1 saturated carbocycles. The van der Waals surface area contributed by atoms with Gasteiger partial charge >= 0.3 is 5.97 Å². The molecule has 0 unspecified atom stereocenters. The highest BCUT2D eigenvalue weighted by atomic mass is 16.5. The number of methoxy groups -OCH3 is 1. The van der Waals surface area contributed by atoms with Gasteiger partial charge in [0.2, 0.25) is 5.88 Å². The molecule has 0 aromatic carbocycles. The summed E-state index contributed by atoms with van der Waals surface area (Å²) in [5.41, 5.74) is 6.25. The zero-order valence-corrected chi connectivity index (χ0v) is 10.5. The Labute approximate surface area is 106 Å². The molecule has 0 atom stereocenters. The Morgan fingerprint density at radius 2 is 2.33 bits per heavy atom. The van der Waals surface area contributed by atoms with Gasteiger partial charge in [-0.2, -0.15) is 0 Å². The standard InChI is InChI=1S/C13H18N2O3/c1-17-13(16)10-7-12(15-8-11(10)14)18-6-5-9-3-2-4-9/h7-9H,2-6,14H2,1H3. The number of anilines is 1. The predicted molar refractivity (Wildman–Crippen MR) is 67.4 cm³/mol. The first kappa shape index (κ1) is 12.7. The molecule has 1 aliphatic rings. The van der Waals surface area contributed by atoms with Gasteiger partial charge in [0.15, 0.2) is 0 Å². The van der Waals surface area contributed by atoms with Crippen molar-refractivity contribution in [3.63, 3.8) is 0 Å². The fourth-order valence-corrected chi connectivity index (χ4v) is 1.92. The van der Waals surface area contributed by atoms with Crippen LogP contribution in [0.1, 0.15) is 36.0 Å². The lowest BCUT2D eigenvalue weighted by Gasteiger charge is -2.24. The van der Waals surface area contributed by atoms with Gasteiger partial charge < -0.3 is 15.2 Å². The molecule has 0 amide bonds. The van der Waals surface area contributed by atoms with E-state index >= 15 is 0 Å². The normalized spacial score (nSPS) is 14.9. The number of carbonyl (C=O) groups is 1. The maximum atomic E-state index is 11.4. The first-order chi connectivity index (χ1) is 8.70. The zero-order valence-electron chi connectivity index (χ0n) is 10.5. The third kappa shape index (κ3) is 2.91. The molecule has 1 heterocycles.